The van der Waals surface area contributed by atoms with Crippen LogP contribution in [-0.4, -0.2) is 16.9 Å². The minimum Gasteiger partial charge on any atom is -0.481 e. The lowest BCUT2D eigenvalue weighted by atomic mass is 9.49. The fraction of sp³-hybridized carbons (Fsp3) is 0.600. The number of aliphatic carboxylic acids is 1. The van der Waals surface area contributed by atoms with Gasteiger partial charge in [0.1, 0.15) is 5.78 Å². The molecule has 1 saturated carbocycles. The van der Waals surface area contributed by atoms with Crippen molar-refractivity contribution in [1.82, 2.24) is 0 Å². The third-order valence-corrected chi connectivity index (χ3v) is 6.25. The summed E-state index contributed by atoms with van der Waals surface area (Å²) >= 11 is 0. The minimum absolute atomic E-state index is 0.102. The molecule has 0 amide bonds. The Bertz CT molecular complexity index is 675. The van der Waals surface area contributed by atoms with E-state index in [1.54, 1.807) is 6.92 Å². The second-order valence-corrected chi connectivity index (χ2v) is 8.14. The minimum atomic E-state index is -0.946. The molecule has 3 rings (SSSR count). The summed E-state index contributed by atoms with van der Waals surface area (Å²) in [5.41, 5.74) is 2.24. The number of ketones is 1. The molecule has 1 aromatic rings. The summed E-state index contributed by atoms with van der Waals surface area (Å²) in [5.74, 6) is -0.718. The molecule has 124 valence electrons. The zero-order chi connectivity index (χ0) is 17.0. The smallest absolute Gasteiger partial charge is 0.310 e. The largest absolute Gasteiger partial charge is 0.481 e. The highest BCUT2D eigenvalue weighted by Gasteiger charge is 2.58. The van der Waals surface area contributed by atoms with Gasteiger partial charge in [-0.3, -0.25) is 9.59 Å². The first-order chi connectivity index (χ1) is 10.7. The van der Waals surface area contributed by atoms with Crippen LogP contribution in [0.5, 0.6) is 0 Å². The van der Waals surface area contributed by atoms with Crippen molar-refractivity contribution in [2.45, 2.75) is 64.7 Å². The molecule has 2 aliphatic carbocycles. The Balaban J connectivity index is 2.16. The highest BCUT2D eigenvalue weighted by Crippen LogP contribution is 2.56. The molecule has 0 aromatic heterocycles. The Hall–Kier alpha value is -1.64. The van der Waals surface area contributed by atoms with E-state index in [0.29, 0.717) is 18.8 Å². The first-order valence-electron chi connectivity index (χ1n) is 8.59. The monoisotopic (exact) mass is 314 g/mol. The first kappa shape index (κ1) is 16.2. The predicted octanol–water partition coefficient (Wildman–Crippen LogP) is 4.08. The fourth-order valence-electron chi connectivity index (χ4n) is 5.01. The van der Waals surface area contributed by atoms with Crippen LogP contribution in [0, 0.1) is 11.3 Å². The molecular formula is C20H26O3. The van der Waals surface area contributed by atoms with Crippen LogP contribution in [-0.2, 0) is 21.4 Å². The molecule has 0 heterocycles. The van der Waals surface area contributed by atoms with E-state index < -0.39 is 17.3 Å². The average molecular weight is 314 g/mol. The topological polar surface area (TPSA) is 54.4 Å². The van der Waals surface area contributed by atoms with Crippen LogP contribution >= 0.6 is 0 Å². The number of benzene rings is 1. The Morgan fingerprint density at radius 2 is 1.96 bits per heavy atom. The lowest BCUT2D eigenvalue weighted by Crippen LogP contribution is -2.56. The molecule has 0 radical (unpaired) electrons. The summed E-state index contributed by atoms with van der Waals surface area (Å²) in [7, 11) is 0. The second-order valence-electron chi connectivity index (χ2n) is 8.14. The number of hydrogen-bond donors (Lipinski definition) is 1. The highest BCUT2D eigenvalue weighted by atomic mass is 16.4. The molecule has 23 heavy (non-hydrogen) atoms. The van der Waals surface area contributed by atoms with Gasteiger partial charge in [-0.2, -0.15) is 0 Å². The lowest BCUT2D eigenvalue weighted by Gasteiger charge is -2.52. The van der Waals surface area contributed by atoms with Gasteiger partial charge in [0.2, 0.25) is 0 Å². The Morgan fingerprint density at radius 3 is 2.57 bits per heavy atom. The van der Waals surface area contributed by atoms with Crippen molar-refractivity contribution in [2.24, 2.45) is 11.3 Å². The Labute approximate surface area is 138 Å². The number of rotatable bonds is 2. The molecule has 1 aromatic carbocycles. The summed E-state index contributed by atoms with van der Waals surface area (Å²) in [5, 5.41) is 9.78. The van der Waals surface area contributed by atoms with Gasteiger partial charge in [0.25, 0.3) is 0 Å². The number of carbonyl (C=O) groups excluding carboxylic acids is 1. The van der Waals surface area contributed by atoms with Gasteiger partial charge in [-0.1, -0.05) is 45.4 Å². The third-order valence-electron chi connectivity index (χ3n) is 6.25. The van der Waals surface area contributed by atoms with Crippen molar-refractivity contribution in [3.63, 3.8) is 0 Å². The lowest BCUT2D eigenvalue weighted by molar-refractivity contribution is -0.161. The quantitative estimate of drug-likeness (QED) is 0.894. The number of carboxylic acids is 1. The maximum Gasteiger partial charge on any atom is 0.310 e. The Morgan fingerprint density at radius 1 is 1.26 bits per heavy atom. The van der Waals surface area contributed by atoms with E-state index in [0.717, 1.165) is 18.4 Å². The van der Waals surface area contributed by atoms with Gasteiger partial charge in [0.15, 0.2) is 0 Å². The number of carbonyl (C=O) groups is 2. The SMILES string of the molecule is CC(C)c1ccc2c(c1)CC(=O)C1C(C)(C(=O)O)CCCC21C. The normalized spacial score (nSPS) is 33.3. The van der Waals surface area contributed by atoms with E-state index in [1.807, 2.05) is 0 Å². The molecule has 3 nitrogen and oxygen atoms in total. The second kappa shape index (κ2) is 5.19. The number of Topliss-reactive ketones (excluding diaryl/α,β-unsaturated/α-hetero) is 1. The third kappa shape index (κ3) is 2.24. The van der Waals surface area contributed by atoms with Gasteiger partial charge < -0.3 is 5.11 Å². The van der Waals surface area contributed by atoms with Gasteiger partial charge in [0, 0.05) is 17.8 Å². The van der Waals surface area contributed by atoms with Crippen molar-refractivity contribution in [2.75, 3.05) is 0 Å². The van der Waals surface area contributed by atoms with Gasteiger partial charge in [-0.05, 0) is 42.4 Å². The van der Waals surface area contributed by atoms with Gasteiger partial charge in [-0.15, -0.1) is 0 Å². The fourth-order valence-corrected chi connectivity index (χ4v) is 5.01. The van der Waals surface area contributed by atoms with Crippen LogP contribution < -0.4 is 0 Å². The van der Waals surface area contributed by atoms with Crippen LogP contribution in [0.25, 0.3) is 0 Å². The first-order valence-corrected chi connectivity index (χ1v) is 8.59. The summed E-state index contributed by atoms with van der Waals surface area (Å²) in [6.07, 6.45) is 2.71. The van der Waals surface area contributed by atoms with Crippen molar-refractivity contribution in [3.05, 3.63) is 34.9 Å². The molecule has 3 unspecified atom stereocenters. The van der Waals surface area contributed by atoms with Gasteiger partial charge in [0.05, 0.1) is 5.41 Å². The van der Waals surface area contributed by atoms with Crippen molar-refractivity contribution in [1.29, 1.82) is 0 Å². The molecule has 1 N–H and O–H groups in total. The molecule has 3 atom stereocenters. The summed E-state index contributed by atoms with van der Waals surface area (Å²) < 4.78 is 0. The Kier molecular flexibility index (Phi) is 3.66. The van der Waals surface area contributed by atoms with Gasteiger partial charge in [-0.25, -0.2) is 0 Å². The van der Waals surface area contributed by atoms with Crippen LogP contribution in [0.3, 0.4) is 0 Å². The van der Waals surface area contributed by atoms with Crippen LogP contribution in [0.2, 0.25) is 0 Å². The summed E-state index contributed by atoms with van der Waals surface area (Å²) in [6, 6.07) is 6.46. The molecule has 1 fully saturated rings. The van der Waals surface area contributed by atoms with E-state index in [2.05, 4.69) is 39.0 Å². The van der Waals surface area contributed by atoms with E-state index in [-0.39, 0.29) is 11.2 Å². The van der Waals surface area contributed by atoms with Crippen LogP contribution in [0.4, 0.5) is 0 Å². The molecule has 3 heteroatoms. The van der Waals surface area contributed by atoms with E-state index in [1.165, 1.54) is 11.1 Å². The summed E-state index contributed by atoms with van der Waals surface area (Å²) in [6.45, 7) is 8.17. The molecule has 2 aliphatic rings. The van der Waals surface area contributed by atoms with Crippen LogP contribution in [0.15, 0.2) is 18.2 Å². The molecule has 0 saturated heterocycles. The highest BCUT2D eigenvalue weighted by molar-refractivity contribution is 5.93. The zero-order valence-electron chi connectivity index (χ0n) is 14.5. The molecule has 0 bridgehead atoms. The van der Waals surface area contributed by atoms with Crippen molar-refractivity contribution < 1.29 is 14.7 Å². The van der Waals surface area contributed by atoms with E-state index in [4.69, 9.17) is 0 Å². The number of fused-ring (bicyclic) bond motifs is 3. The molecule has 0 spiro atoms. The van der Waals surface area contributed by atoms with Crippen LogP contribution in [0.1, 0.15) is 69.6 Å². The van der Waals surface area contributed by atoms with Crippen molar-refractivity contribution >= 4 is 11.8 Å². The summed E-state index contributed by atoms with van der Waals surface area (Å²) in [4.78, 5) is 24.9. The van der Waals surface area contributed by atoms with Gasteiger partial charge >= 0.3 is 5.97 Å². The number of carboxylic acid groups (broad SMARTS) is 1. The van der Waals surface area contributed by atoms with E-state index in [9.17, 15) is 14.7 Å². The standard InChI is InChI=1S/C20H26O3/c1-12(2)13-6-7-15-14(10-13)11-16(21)17-19(15,3)8-5-9-20(17,4)18(22)23/h6-7,10,12,17H,5,8-9,11H2,1-4H3,(H,22,23). The van der Waals surface area contributed by atoms with E-state index >= 15 is 0 Å². The average Bonchev–Trinajstić information content (AvgIpc) is 2.46. The molecule has 0 aliphatic heterocycles. The maximum atomic E-state index is 12.9. The predicted molar refractivity (Wildman–Crippen MR) is 89.7 cm³/mol. The maximum absolute atomic E-state index is 12.9. The zero-order valence-corrected chi connectivity index (χ0v) is 14.5. The number of hydrogen-bond acceptors (Lipinski definition) is 2. The van der Waals surface area contributed by atoms with Crippen molar-refractivity contribution in [3.8, 4) is 0 Å². The molecular weight excluding hydrogens is 288 g/mol.